The number of benzene rings is 1. The van der Waals surface area contributed by atoms with Gasteiger partial charge >= 0.3 is 6.03 Å². The molecule has 4 N–H and O–H groups in total. The first-order chi connectivity index (χ1) is 14.4. The standard InChI is InChI=1S/C21H27FN6O2/c1-12(2)18(19-13(3)16-9-14(22)5-6-17(16)30-19)28-21(29)27-15-10-25-20(26-11-15)24-8-7-23-4/h5-6,9-12,18,23H,7-8H2,1-4H3,(H,24,25,26)(H2,27,28,29). The Morgan fingerprint density at radius 2 is 1.93 bits per heavy atom. The maximum Gasteiger partial charge on any atom is 0.319 e. The van der Waals surface area contributed by atoms with Crippen LogP contribution in [0.1, 0.15) is 31.2 Å². The van der Waals surface area contributed by atoms with Gasteiger partial charge in [-0.25, -0.2) is 19.2 Å². The van der Waals surface area contributed by atoms with Crippen LogP contribution in [-0.2, 0) is 0 Å². The summed E-state index contributed by atoms with van der Waals surface area (Å²) in [6.07, 6.45) is 3.07. The van der Waals surface area contributed by atoms with Gasteiger partial charge in [0, 0.05) is 24.0 Å². The molecule has 30 heavy (non-hydrogen) atoms. The maximum absolute atomic E-state index is 13.6. The van der Waals surface area contributed by atoms with Crippen LogP contribution >= 0.6 is 0 Å². The van der Waals surface area contributed by atoms with Gasteiger partial charge in [0.15, 0.2) is 0 Å². The van der Waals surface area contributed by atoms with Gasteiger partial charge in [0.25, 0.3) is 0 Å². The van der Waals surface area contributed by atoms with Gasteiger partial charge in [-0.1, -0.05) is 13.8 Å². The molecule has 0 radical (unpaired) electrons. The molecule has 1 atom stereocenters. The normalized spacial score (nSPS) is 12.2. The van der Waals surface area contributed by atoms with E-state index in [4.69, 9.17) is 4.42 Å². The number of nitrogens with zero attached hydrogens (tertiary/aromatic N) is 2. The van der Waals surface area contributed by atoms with Crippen molar-refractivity contribution in [3.63, 3.8) is 0 Å². The van der Waals surface area contributed by atoms with Crippen LogP contribution in [0, 0.1) is 18.7 Å². The number of rotatable bonds is 8. The van der Waals surface area contributed by atoms with Crippen LogP contribution in [0.5, 0.6) is 0 Å². The number of likely N-dealkylation sites (N-methyl/N-ethyl adjacent to an activating group) is 1. The molecule has 0 aliphatic carbocycles. The average Bonchev–Trinajstić information content (AvgIpc) is 3.03. The number of nitrogens with one attached hydrogen (secondary N) is 4. The second kappa shape index (κ2) is 9.53. The molecule has 0 spiro atoms. The van der Waals surface area contributed by atoms with Crippen LogP contribution in [0.3, 0.4) is 0 Å². The third-order valence-electron chi connectivity index (χ3n) is 4.74. The number of fused-ring (bicyclic) bond motifs is 1. The highest BCUT2D eigenvalue weighted by molar-refractivity contribution is 5.89. The van der Waals surface area contributed by atoms with E-state index in [-0.39, 0.29) is 17.8 Å². The van der Waals surface area contributed by atoms with Crippen LogP contribution in [0.2, 0.25) is 0 Å². The first kappa shape index (κ1) is 21.5. The van der Waals surface area contributed by atoms with Crippen molar-refractivity contribution in [2.75, 3.05) is 30.8 Å². The molecule has 3 aromatic rings. The molecular formula is C21H27FN6O2. The van der Waals surface area contributed by atoms with Crippen LogP contribution in [0.25, 0.3) is 11.0 Å². The highest BCUT2D eigenvalue weighted by Gasteiger charge is 2.25. The molecule has 160 valence electrons. The van der Waals surface area contributed by atoms with Gasteiger partial charge in [0.1, 0.15) is 17.2 Å². The quantitative estimate of drug-likeness (QED) is 0.418. The predicted octanol–water partition coefficient (Wildman–Crippen LogP) is 3.82. The molecular weight excluding hydrogens is 387 g/mol. The maximum atomic E-state index is 13.6. The SMILES string of the molecule is CNCCNc1ncc(NC(=O)NC(c2oc3ccc(F)cc3c2C)C(C)C)cn1. The van der Waals surface area contributed by atoms with Gasteiger partial charge in [-0.2, -0.15) is 0 Å². The fourth-order valence-electron chi connectivity index (χ4n) is 3.14. The van der Waals surface area contributed by atoms with Crippen LogP contribution in [-0.4, -0.2) is 36.1 Å². The Labute approximate surface area is 174 Å². The summed E-state index contributed by atoms with van der Waals surface area (Å²) < 4.78 is 19.6. The predicted molar refractivity (Wildman–Crippen MR) is 115 cm³/mol. The summed E-state index contributed by atoms with van der Waals surface area (Å²) in [6, 6.07) is 3.61. The number of aryl methyl sites for hydroxylation is 1. The summed E-state index contributed by atoms with van der Waals surface area (Å²) >= 11 is 0. The van der Waals surface area contributed by atoms with Crippen molar-refractivity contribution in [3.8, 4) is 0 Å². The number of hydrogen-bond donors (Lipinski definition) is 4. The Kier molecular flexibility index (Phi) is 6.83. The van der Waals surface area contributed by atoms with Crippen LogP contribution in [0.15, 0.2) is 35.0 Å². The fraction of sp³-hybridized carbons (Fsp3) is 0.381. The summed E-state index contributed by atoms with van der Waals surface area (Å²) in [5.41, 5.74) is 1.87. The van der Waals surface area contributed by atoms with E-state index in [0.29, 0.717) is 34.9 Å². The summed E-state index contributed by atoms with van der Waals surface area (Å²) in [4.78, 5) is 20.9. The zero-order chi connectivity index (χ0) is 21.7. The Bertz CT molecular complexity index is 1000. The zero-order valence-electron chi connectivity index (χ0n) is 17.5. The number of hydrogen-bond acceptors (Lipinski definition) is 6. The van der Waals surface area contributed by atoms with Crippen molar-refractivity contribution in [1.29, 1.82) is 0 Å². The van der Waals surface area contributed by atoms with E-state index < -0.39 is 6.03 Å². The van der Waals surface area contributed by atoms with Crippen LogP contribution in [0.4, 0.5) is 20.8 Å². The highest BCUT2D eigenvalue weighted by Crippen LogP contribution is 2.33. The van der Waals surface area contributed by atoms with Gasteiger partial charge in [0.05, 0.1) is 24.1 Å². The minimum Gasteiger partial charge on any atom is -0.459 e. The Balaban J connectivity index is 1.70. The van der Waals surface area contributed by atoms with Crippen molar-refractivity contribution in [2.45, 2.75) is 26.8 Å². The smallest absolute Gasteiger partial charge is 0.319 e. The van der Waals surface area contributed by atoms with E-state index in [0.717, 1.165) is 12.1 Å². The molecule has 1 aromatic carbocycles. The monoisotopic (exact) mass is 414 g/mol. The number of aromatic nitrogens is 2. The highest BCUT2D eigenvalue weighted by atomic mass is 19.1. The molecule has 0 aliphatic rings. The molecule has 9 heteroatoms. The molecule has 0 bridgehead atoms. The molecule has 2 amide bonds. The number of urea groups is 1. The molecule has 2 heterocycles. The lowest BCUT2D eigenvalue weighted by Crippen LogP contribution is -2.35. The second-order valence-corrected chi connectivity index (χ2v) is 7.38. The third kappa shape index (κ3) is 5.04. The Morgan fingerprint density at radius 3 is 2.60 bits per heavy atom. The Morgan fingerprint density at radius 1 is 1.20 bits per heavy atom. The number of furan rings is 1. The fourth-order valence-corrected chi connectivity index (χ4v) is 3.14. The molecule has 3 rings (SSSR count). The Hall–Kier alpha value is -3.20. The lowest BCUT2D eigenvalue weighted by atomic mass is 9.98. The molecule has 1 unspecified atom stereocenters. The second-order valence-electron chi connectivity index (χ2n) is 7.38. The largest absolute Gasteiger partial charge is 0.459 e. The zero-order valence-corrected chi connectivity index (χ0v) is 17.5. The van der Waals surface area contributed by atoms with Crippen molar-refractivity contribution >= 4 is 28.6 Å². The molecule has 0 saturated heterocycles. The summed E-state index contributed by atoms with van der Waals surface area (Å²) in [5.74, 6) is 0.825. The number of carbonyl (C=O) groups is 1. The van der Waals surface area contributed by atoms with E-state index in [1.54, 1.807) is 6.07 Å². The van der Waals surface area contributed by atoms with E-state index >= 15 is 0 Å². The molecule has 0 aliphatic heterocycles. The molecule has 2 aromatic heterocycles. The van der Waals surface area contributed by atoms with Crippen molar-refractivity contribution in [3.05, 3.63) is 47.7 Å². The molecule has 0 saturated carbocycles. The number of amides is 2. The number of carbonyl (C=O) groups excluding carboxylic acids is 1. The number of anilines is 2. The lowest BCUT2D eigenvalue weighted by Gasteiger charge is -2.21. The van der Waals surface area contributed by atoms with E-state index in [1.165, 1.54) is 24.5 Å². The average molecular weight is 414 g/mol. The van der Waals surface area contributed by atoms with Gasteiger partial charge in [-0.3, -0.25) is 0 Å². The van der Waals surface area contributed by atoms with E-state index in [2.05, 4.69) is 31.2 Å². The third-order valence-corrected chi connectivity index (χ3v) is 4.74. The van der Waals surface area contributed by atoms with Gasteiger partial charge in [0.2, 0.25) is 5.95 Å². The van der Waals surface area contributed by atoms with Gasteiger partial charge in [-0.15, -0.1) is 0 Å². The number of halogens is 1. The topological polar surface area (TPSA) is 104 Å². The van der Waals surface area contributed by atoms with E-state index in [9.17, 15) is 9.18 Å². The molecule has 0 fully saturated rings. The van der Waals surface area contributed by atoms with Gasteiger partial charge < -0.3 is 25.7 Å². The summed E-state index contributed by atoms with van der Waals surface area (Å²) in [7, 11) is 1.86. The van der Waals surface area contributed by atoms with Crippen LogP contribution < -0.4 is 21.3 Å². The first-order valence-electron chi connectivity index (χ1n) is 9.85. The summed E-state index contributed by atoms with van der Waals surface area (Å²) in [6.45, 7) is 7.31. The van der Waals surface area contributed by atoms with Crippen molar-refractivity contribution < 1.29 is 13.6 Å². The summed E-state index contributed by atoms with van der Waals surface area (Å²) in [5, 5.41) is 12.5. The molecule has 8 nitrogen and oxygen atoms in total. The minimum atomic E-state index is -0.403. The van der Waals surface area contributed by atoms with Gasteiger partial charge in [-0.05, 0) is 38.1 Å². The first-order valence-corrected chi connectivity index (χ1v) is 9.85. The lowest BCUT2D eigenvalue weighted by molar-refractivity contribution is 0.241. The minimum absolute atomic E-state index is 0.0508. The van der Waals surface area contributed by atoms with E-state index in [1.807, 2.05) is 27.8 Å². The van der Waals surface area contributed by atoms with Crippen molar-refractivity contribution in [1.82, 2.24) is 20.6 Å². The van der Waals surface area contributed by atoms with Crippen molar-refractivity contribution in [2.24, 2.45) is 5.92 Å².